The van der Waals surface area contributed by atoms with E-state index in [4.69, 9.17) is 21.1 Å². The van der Waals surface area contributed by atoms with Crippen molar-refractivity contribution in [2.24, 2.45) is 0 Å². The standard InChI is InChI=1S/C19H24ClN3O5/c1-27-14-11-13(15(28-2)10-12(14)20)21-16(24)6-9-23-17(25)19(22-18(23)26)7-4-3-5-8-19/h10-11H,3-9H2,1-2H3,(H,21,24)(H,22,26). The first-order chi connectivity index (χ1) is 13.4. The molecule has 0 aromatic heterocycles. The number of rotatable bonds is 6. The van der Waals surface area contributed by atoms with E-state index in [1.54, 1.807) is 12.1 Å². The Balaban J connectivity index is 1.63. The van der Waals surface area contributed by atoms with Gasteiger partial charge in [-0.3, -0.25) is 14.5 Å². The maximum Gasteiger partial charge on any atom is 0.325 e. The van der Waals surface area contributed by atoms with Crippen LogP contribution in [0.25, 0.3) is 0 Å². The predicted octanol–water partition coefficient (Wildman–Crippen LogP) is 2.94. The van der Waals surface area contributed by atoms with E-state index in [9.17, 15) is 14.4 Å². The zero-order valence-corrected chi connectivity index (χ0v) is 16.7. The molecule has 1 aliphatic carbocycles. The Morgan fingerprint density at radius 1 is 1.18 bits per heavy atom. The Kier molecular flexibility index (Phi) is 5.98. The van der Waals surface area contributed by atoms with E-state index in [2.05, 4.69) is 10.6 Å². The van der Waals surface area contributed by atoms with E-state index in [1.165, 1.54) is 14.2 Å². The number of methoxy groups -OCH3 is 2. The highest BCUT2D eigenvalue weighted by atomic mass is 35.5. The number of imide groups is 1. The number of halogens is 1. The molecular weight excluding hydrogens is 386 g/mol. The molecule has 2 fully saturated rings. The number of amides is 4. The highest BCUT2D eigenvalue weighted by Gasteiger charge is 2.51. The van der Waals surface area contributed by atoms with E-state index >= 15 is 0 Å². The number of nitrogens with zero attached hydrogens (tertiary/aromatic N) is 1. The molecule has 2 N–H and O–H groups in total. The minimum atomic E-state index is -0.779. The Hall–Kier alpha value is -2.48. The van der Waals surface area contributed by atoms with Gasteiger partial charge in [0.1, 0.15) is 17.0 Å². The molecule has 0 unspecified atom stereocenters. The first-order valence-corrected chi connectivity index (χ1v) is 9.63. The lowest BCUT2D eigenvalue weighted by molar-refractivity contribution is -0.132. The van der Waals surface area contributed by atoms with Gasteiger partial charge in [0.15, 0.2) is 0 Å². The summed E-state index contributed by atoms with van der Waals surface area (Å²) >= 11 is 6.06. The molecule has 2 aliphatic rings. The smallest absolute Gasteiger partial charge is 0.325 e. The summed E-state index contributed by atoms with van der Waals surface area (Å²) in [5.41, 5.74) is -0.381. The van der Waals surface area contributed by atoms with Gasteiger partial charge in [-0.05, 0) is 12.8 Å². The van der Waals surface area contributed by atoms with Gasteiger partial charge in [0, 0.05) is 25.1 Å². The number of carbonyl (C=O) groups is 3. The van der Waals surface area contributed by atoms with Crippen LogP contribution in [0.2, 0.25) is 5.02 Å². The predicted molar refractivity (Wildman–Crippen MR) is 104 cm³/mol. The normalized spacial score (nSPS) is 18.2. The summed E-state index contributed by atoms with van der Waals surface area (Å²) < 4.78 is 10.4. The van der Waals surface area contributed by atoms with E-state index in [-0.39, 0.29) is 24.8 Å². The summed E-state index contributed by atoms with van der Waals surface area (Å²) in [6, 6.07) is 2.68. The number of hydrogen-bond acceptors (Lipinski definition) is 5. The van der Waals surface area contributed by atoms with Crippen molar-refractivity contribution in [3.05, 3.63) is 17.2 Å². The Morgan fingerprint density at radius 2 is 1.86 bits per heavy atom. The molecule has 8 nitrogen and oxygen atoms in total. The van der Waals surface area contributed by atoms with E-state index in [1.807, 2.05) is 0 Å². The van der Waals surface area contributed by atoms with Gasteiger partial charge in [-0.1, -0.05) is 30.9 Å². The molecule has 152 valence electrons. The highest BCUT2D eigenvalue weighted by molar-refractivity contribution is 6.32. The maximum atomic E-state index is 12.7. The fourth-order valence-corrected chi connectivity index (χ4v) is 3.99. The molecule has 1 aromatic carbocycles. The maximum absolute atomic E-state index is 12.7. The Labute approximate surface area is 168 Å². The second-order valence-corrected chi connectivity index (χ2v) is 7.42. The van der Waals surface area contributed by atoms with Crippen LogP contribution in [0, 0.1) is 0 Å². The number of anilines is 1. The number of benzene rings is 1. The average molecular weight is 410 g/mol. The molecule has 1 aromatic rings. The third-order valence-electron chi connectivity index (χ3n) is 5.26. The topological polar surface area (TPSA) is 97.0 Å². The van der Waals surface area contributed by atoms with Gasteiger partial charge in [0.05, 0.1) is 24.9 Å². The van der Waals surface area contributed by atoms with Gasteiger partial charge in [-0.15, -0.1) is 0 Å². The van der Waals surface area contributed by atoms with E-state index in [0.717, 1.165) is 24.2 Å². The van der Waals surface area contributed by atoms with Gasteiger partial charge in [0.2, 0.25) is 5.91 Å². The molecule has 28 heavy (non-hydrogen) atoms. The molecule has 1 aliphatic heterocycles. The summed E-state index contributed by atoms with van der Waals surface area (Å²) in [7, 11) is 2.93. The molecule has 0 radical (unpaired) electrons. The van der Waals surface area contributed by atoms with Crippen LogP contribution in [0.3, 0.4) is 0 Å². The van der Waals surface area contributed by atoms with Crippen molar-refractivity contribution in [2.45, 2.75) is 44.1 Å². The second-order valence-electron chi connectivity index (χ2n) is 7.01. The summed E-state index contributed by atoms with van der Waals surface area (Å²) in [5.74, 6) is 0.199. The van der Waals surface area contributed by atoms with Crippen molar-refractivity contribution in [3.8, 4) is 11.5 Å². The first kappa shape index (κ1) is 20.3. The molecule has 9 heteroatoms. The van der Waals surface area contributed by atoms with Crippen LogP contribution in [-0.2, 0) is 9.59 Å². The van der Waals surface area contributed by atoms with Crippen molar-refractivity contribution in [1.82, 2.24) is 10.2 Å². The number of hydrogen-bond donors (Lipinski definition) is 2. The quantitative estimate of drug-likeness (QED) is 0.704. The zero-order chi connectivity index (χ0) is 20.3. The molecule has 0 atom stereocenters. The van der Waals surface area contributed by atoms with Crippen molar-refractivity contribution in [1.29, 1.82) is 0 Å². The Bertz CT molecular complexity index is 792. The summed E-state index contributed by atoms with van der Waals surface area (Å²) in [6.07, 6.45) is 4.18. The fourth-order valence-electron chi connectivity index (χ4n) is 3.76. The van der Waals surface area contributed by atoms with Gasteiger partial charge in [0.25, 0.3) is 5.91 Å². The van der Waals surface area contributed by atoms with Crippen LogP contribution in [0.1, 0.15) is 38.5 Å². The van der Waals surface area contributed by atoms with Crippen LogP contribution in [0.15, 0.2) is 12.1 Å². The molecule has 0 bridgehead atoms. The summed E-state index contributed by atoms with van der Waals surface area (Å²) in [5, 5.41) is 5.91. The van der Waals surface area contributed by atoms with Gasteiger partial charge < -0.3 is 20.1 Å². The van der Waals surface area contributed by atoms with E-state index < -0.39 is 11.6 Å². The molecular formula is C19H24ClN3O5. The third kappa shape index (κ3) is 3.87. The highest BCUT2D eigenvalue weighted by Crippen LogP contribution is 2.36. The van der Waals surface area contributed by atoms with Crippen molar-refractivity contribution in [3.63, 3.8) is 0 Å². The van der Waals surface area contributed by atoms with Crippen LogP contribution in [0.4, 0.5) is 10.5 Å². The summed E-state index contributed by atoms with van der Waals surface area (Å²) in [6.45, 7) is 0.0191. The average Bonchev–Trinajstić information content (AvgIpc) is 2.91. The molecule has 3 rings (SSSR count). The van der Waals surface area contributed by atoms with Gasteiger partial charge in [-0.2, -0.15) is 0 Å². The van der Waals surface area contributed by atoms with Gasteiger partial charge >= 0.3 is 6.03 Å². The van der Waals surface area contributed by atoms with Crippen LogP contribution >= 0.6 is 11.6 Å². The van der Waals surface area contributed by atoms with Gasteiger partial charge in [-0.25, -0.2) is 4.79 Å². The molecule has 4 amide bonds. The number of carbonyl (C=O) groups excluding carboxylic acids is 3. The number of nitrogens with one attached hydrogen (secondary N) is 2. The minimum Gasteiger partial charge on any atom is -0.495 e. The molecule has 1 saturated heterocycles. The lowest BCUT2D eigenvalue weighted by atomic mass is 9.82. The minimum absolute atomic E-state index is 0.0191. The monoisotopic (exact) mass is 409 g/mol. The molecule has 1 heterocycles. The zero-order valence-electron chi connectivity index (χ0n) is 16.0. The van der Waals surface area contributed by atoms with Crippen molar-refractivity contribution < 1.29 is 23.9 Å². The number of urea groups is 1. The van der Waals surface area contributed by atoms with Crippen molar-refractivity contribution in [2.75, 3.05) is 26.1 Å². The number of ether oxygens (including phenoxy) is 2. The SMILES string of the molecule is COc1cc(NC(=O)CCN2C(=O)NC3(CCCCC3)C2=O)c(OC)cc1Cl. The second kappa shape index (κ2) is 8.26. The summed E-state index contributed by atoms with van der Waals surface area (Å²) in [4.78, 5) is 38.5. The third-order valence-corrected chi connectivity index (χ3v) is 5.56. The van der Waals surface area contributed by atoms with Crippen molar-refractivity contribution >= 4 is 35.1 Å². The lowest BCUT2D eigenvalue weighted by Gasteiger charge is -2.30. The largest absolute Gasteiger partial charge is 0.495 e. The lowest BCUT2D eigenvalue weighted by Crippen LogP contribution is -2.48. The molecule has 1 saturated carbocycles. The van der Waals surface area contributed by atoms with Crippen LogP contribution < -0.4 is 20.1 Å². The molecule has 1 spiro atoms. The van der Waals surface area contributed by atoms with Crippen LogP contribution in [-0.4, -0.2) is 49.0 Å². The fraction of sp³-hybridized carbons (Fsp3) is 0.526. The van der Waals surface area contributed by atoms with Crippen LogP contribution in [0.5, 0.6) is 11.5 Å². The van der Waals surface area contributed by atoms with E-state index in [0.29, 0.717) is 35.1 Å². The first-order valence-electron chi connectivity index (χ1n) is 9.25. The Morgan fingerprint density at radius 3 is 2.50 bits per heavy atom.